The van der Waals surface area contributed by atoms with Gasteiger partial charge >= 0.3 is 0 Å². The van der Waals surface area contributed by atoms with E-state index < -0.39 is 10.0 Å². The molecule has 96 valence electrons. The van der Waals surface area contributed by atoms with Gasteiger partial charge in [0.05, 0.1) is 17.5 Å². The average molecular weight is 265 g/mol. The van der Waals surface area contributed by atoms with Crippen LogP contribution in [0.4, 0.5) is 11.5 Å². The first-order valence-electron chi connectivity index (χ1n) is 5.61. The van der Waals surface area contributed by atoms with Crippen LogP contribution in [0.3, 0.4) is 0 Å². The molecule has 2 N–H and O–H groups in total. The molecule has 0 aliphatic heterocycles. The number of fused-ring (bicyclic) bond motifs is 1. The van der Waals surface area contributed by atoms with Crippen LogP contribution >= 0.6 is 0 Å². The Morgan fingerprint density at radius 3 is 2.67 bits per heavy atom. The van der Waals surface area contributed by atoms with Crippen LogP contribution in [0.5, 0.6) is 0 Å². The molecule has 0 unspecified atom stereocenters. The Morgan fingerprint density at radius 2 is 2.00 bits per heavy atom. The molecule has 6 heteroatoms. The van der Waals surface area contributed by atoms with Crippen molar-refractivity contribution in [3.8, 4) is 0 Å². The summed E-state index contributed by atoms with van der Waals surface area (Å²) in [6.07, 6.45) is 1.13. The minimum Gasteiger partial charge on any atom is -0.370 e. The molecule has 0 spiro atoms. The fourth-order valence-corrected chi connectivity index (χ4v) is 2.30. The third-order valence-corrected chi connectivity index (χ3v) is 2.98. The molecule has 0 saturated heterocycles. The number of rotatable bonds is 4. The number of sulfonamides is 1. The summed E-state index contributed by atoms with van der Waals surface area (Å²) in [5.41, 5.74) is 1.30. The molecule has 1 heterocycles. The summed E-state index contributed by atoms with van der Waals surface area (Å²) < 4.78 is 25.0. The lowest BCUT2D eigenvalue weighted by atomic mass is 10.2. The van der Waals surface area contributed by atoms with Crippen LogP contribution in [0.15, 0.2) is 30.3 Å². The molecule has 2 aromatic rings. The first kappa shape index (κ1) is 12.6. The van der Waals surface area contributed by atoms with Gasteiger partial charge in [-0.05, 0) is 31.2 Å². The second-order valence-electron chi connectivity index (χ2n) is 3.97. The van der Waals surface area contributed by atoms with E-state index in [2.05, 4.69) is 15.0 Å². The minimum absolute atomic E-state index is 0.547. The first-order valence-corrected chi connectivity index (χ1v) is 7.50. The predicted molar refractivity (Wildman–Crippen MR) is 74.4 cm³/mol. The molecule has 0 atom stereocenters. The van der Waals surface area contributed by atoms with Crippen LogP contribution in [0.2, 0.25) is 0 Å². The Bertz CT molecular complexity index is 668. The maximum Gasteiger partial charge on any atom is 0.229 e. The number of nitrogens with one attached hydrogen (secondary N) is 2. The van der Waals surface area contributed by atoms with E-state index in [9.17, 15) is 8.42 Å². The highest BCUT2D eigenvalue weighted by molar-refractivity contribution is 7.92. The Kier molecular flexibility index (Phi) is 3.38. The number of pyridine rings is 1. The third-order valence-electron chi connectivity index (χ3n) is 2.39. The Balaban J connectivity index is 2.50. The lowest BCUT2D eigenvalue weighted by Crippen LogP contribution is -2.10. The fraction of sp³-hybridized carbons (Fsp3) is 0.250. The number of hydrogen-bond acceptors (Lipinski definition) is 4. The molecular formula is C12H15N3O2S. The summed E-state index contributed by atoms with van der Waals surface area (Å²) in [4.78, 5) is 4.41. The van der Waals surface area contributed by atoms with Crippen molar-refractivity contribution in [3.63, 3.8) is 0 Å². The van der Waals surface area contributed by atoms with E-state index in [-0.39, 0.29) is 0 Å². The van der Waals surface area contributed by atoms with Crippen molar-refractivity contribution in [1.29, 1.82) is 0 Å². The van der Waals surface area contributed by atoms with Crippen LogP contribution in [0.1, 0.15) is 6.92 Å². The molecule has 1 aromatic heterocycles. The summed E-state index contributed by atoms with van der Waals surface area (Å²) in [6.45, 7) is 2.79. The second-order valence-corrected chi connectivity index (χ2v) is 5.72. The quantitative estimate of drug-likeness (QED) is 0.887. The zero-order chi connectivity index (χ0) is 13.2. The molecule has 0 aliphatic carbocycles. The van der Waals surface area contributed by atoms with E-state index in [0.29, 0.717) is 5.69 Å². The van der Waals surface area contributed by atoms with Gasteiger partial charge in [0.1, 0.15) is 5.82 Å². The monoisotopic (exact) mass is 265 g/mol. The largest absolute Gasteiger partial charge is 0.370 e. The minimum atomic E-state index is -3.28. The van der Waals surface area contributed by atoms with E-state index in [0.717, 1.165) is 29.5 Å². The van der Waals surface area contributed by atoms with Gasteiger partial charge in [-0.3, -0.25) is 4.72 Å². The summed E-state index contributed by atoms with van der Waals surface area (Å²) in [5, 5.41) is 3.90. The van der Waals surface area contributed by atoms with Gasteiger partial charge < -0.3 is 5.32 Å². The molecule has 5 nitrogen and oxygen atoms in total. The Morgan fingerprint density at radius 1 is 1.22 bits per heavy atom. The van der Waals surface area contributed by atoms with Crippen LogP contribution in [-0.2, 0) is 10.0 Å². The van der Waals surface area contributed by atoms with Gasteiger partial charge in [0.25, 0.3) is 0 Å². The highest BCUT2D eigenvalue weighted by atomic mass is 32.2. The van der Waals surface area contributed by atoms with Crippen molar-refractivity contribution in [2.24, 2.45) is 0 Å². The topological polar surface area (TPSA) is 71.1 Å². The molecule has 0 bridgehead atoms. The van der Waals surface area contributed by atoms with Crippen LogP contribution in [0.25, 0.3) is 10.9 Å². The van der Waals surface area contributed by atoms with E-state index >= 15 is 0 Å². The lowest BCUT2D eigenvalue weighted by molar-refractivity contribution is 0.607. The summed E-state index contributed by atoms with van der Waals surface area (Å²) >= 11 is 0. The summed E-state index contributed by atoms with van der Waals surface area (Å²) in [5.74, 6) is 0.779. The number of benzene rings is 1. The van der Waals surface area contributed by atoms with Crippen molar-refractivity contribution in [3.05, 3.63) is 30.3 Å². The van der Waals surface area contributed by atoms with Crippen molar-refractivity contribution < 1.29 is 8.42 Å². The Hall–Kier alpha value is -1.82. The van der Waals surface area contributed by atoms with Gasteiger partial charge in [0, 0.05) is 11.9 Å². The summed E-state index contributed by atoms with van der Waals surface area (Å²) in [6, 6.07) is 9.04. The van der Waals surface area contributed by atoms with E-state index in [4.69, 9.17) is 0 Å². The van der Waals surface area contributed by atoms with Crippen LogP contribution in [-0.4, -0.2) is 26.2 Å². The van der Waals surface area contributed by atoms with Gasteiger partial charge in [-0.25, -0.2) is 13.4 Å². The zero-order valence-corrected chi connectivity index (χ0v) is 11.1. The highest BCUT2D eigenvalue weighted by Crippen LogP contribution is 2.24. The zero-order valence-electron chi connectivity index (χ0n) is 10.3. The normalized spacial score (nSPS) is 11.4. The average Bonchev–Trinajstić information content (AvgIpc) is 2.27. The first-order chi connectivity index (χ1) is 8.49. The van der Waals surface area contributed by atoms with Gasteiger partial charge in [-0.2, -0.15) is 0 Å². The predicted octanol–water partition coefficient (Wildman–Crippen LogP) is 2.04. The van der Waals surface area contributed by atoms with Gasteiger partial charge in [0.2, 0.25) is 10.0 Å². The number of anilines is 2. The highest BCUT2D eigenvalue weighted by Gasteiger charge is 2.07. The van der Waals surface area contributed by atoms with Gasteiger partial charge in [0.15, 0.2) is 0 Å². The summed E-state index contributed by atoms with van der Waals surface area (Å²) in [7, 11) is -3.28. The molecular weight excluding hydrogens is 250 g/mol. The van der Waals surface area contributed by atoms with E-state index in [1.165, 1.54) is 0 Å². The standard InChI is InChI=1S/C12H15N3O2S/c1-3-13-12-8-7-9-10(14-12)5-4-6-11(9)15-18(2,16)17/h4-8,15H,3H2,1-2H3,(H,13,14). The number of hydrogen-bond donors (Lipinski definition) is 2. The van der Waals surface area contributed by atoms with Crippen molar-refractivity contribution in [1.82, 2.24) is 4.98 Å². The molecule has 18 heavy (non-hydrogen) atoms. The molecule has 0 saturated carbocycles. The third kappa shape index (κ3) is 2.89. The second kappa shape index (κ2) is 4.81. The number of nitrogens with zero attached hydrogens (tertiary/aromatic N) is 1. The van der Waals surface area contributed by atoms with Crippen molar-refractivity contribution in [2.75, 3.05) is 22.8 Å². The lowest BCUT2D eigenvalue weighted by Gasteiger charge is -2.09. The SMILES string of the molecule is CCNc1ccc2c(NS(C)(=O)=O)cccc2n1. The maximum atomic E-state index is 11.3. The van der Waals surface area contributed by atoms with E-state index in [1.54, 1.807) is 12.1 Å². The molecule has 1 aromatic carbocycles. The van der Waals surface area contributed by atoms with E-state index in [1.807, 2.05) is 25.1 Å². The fourth-order valence-electron chi connectivity index (χ4n) is 1.72. The molecule has 0 amide bonds. The van der Waals surface area contributed by atoms with Gasteiger partial charge in [-0.1, -0.05) is 6.07 Å². The maximum absolute atomic E-state index is 11.3. The van der Waals surface area contributed by atoms with Crippen molar-refractivity contribution in [2.45, 2.75) is 6.92 Å². The molecule has 0 radical (unpaired) electrons. The molecule has 0 aliphatic rings. The molecule has 2 rings (SSSR count). The number of aromatic nitrogens is 1. The van der Waals surface area contributed by atoms with Crippen molar-refractivity contribution >= 4 is 32.4 Å². The Labute approximate surface area is 106 Å². The van der Waals surface area contributed by atoms with Gasteiger partial charge in [-0.15, -0.1) is 0 Å². The molecule has 0 fully saturated rings. The smallest absolute Gasteiger partial charge is 0.229 e. The van der Waals surface area contributed by atoms with Crippen LogP contribution < -0.4 is 10.0 Å². The van der Waals surface area contributed by atoms with Crippen LogP contribution in [0, 0.1) is 0 Å².